The summed E-state index contributed by atoms with van der Waals surface area (Å²) in [6.07, 6.45) is 0. The molecular formula is C10H7N3S. The first-order chi connectivity index (χ1) is 6.79. The van der Waals surface area contributed by atoms with Crippen LogP contribution in [0, 0.1) is 18.3 Å². The molecule has 0 spiro atoms. The molecule has 3 nitrogen and oxygen atoms in total. The summed E-state index contributed by atoms with van der Waals surface area (Å²) in [5.41, 5.74) is 2.02. The standard InChI is InChI=1S/C10H7N3S/c1-7-12-10(6-14-7)9-4-2-3-8(5-11)13-9/h2-4,6H,1H3. The van der Waals surface area contributed by atoms with E-state index in [1.165, 1.54) is 0 Å². The quantitative estimate of drug-likeness (QED) is 0.711. The van der Waals surface area contributed by atoms with E-state index >= 15 is 0 Å². The maximum absolute atomic E-state index is 8.68. The van der Waals surface area contributed by atoms with Gasteiger partial charge in [-0.15, -0.1) is 11.3 Å². The van der Waals surface area contributed by atoms with Crippen molar-refractivity contribution in [2.75, 3.05) is 0 Å². The number of hydrogen-bond donors (Lipinski definition) is 0. The molecule has 0 bridgehead atoms. The lowest BCUT2D eigenvalue weighted by molar-refractivity contribution is 1.22. The first-order valence-electron chi connectivity index (χ1n) is 4.09. The summed E-state index contributed by atoms with van der Waals surface area (Å²) in [6.45, 7) is 1.95. The fraction of sp³-hybridized carbons (Fsp3) is 0.100. The highest BCUT2D eigenvalue weighted by molar-refractivity contribution is 7.09. The molecule has 0 N–H and O–H groups in total. The largest absolute Gasteiger partial charge is 0.240 e. The molecule has 0 aromatic carbocycles. The lowest BCUT2D eigenvalue weighted by Crippen LogP contribution is -1.86. The van der Waals surface area contributed by atoms with Gasteiger partial charge in [0.2, 0.25) is 0 Å². The minimum atomic E-state index is 0.424. The van der Waals surface area contributed by atoms with Crippen molar-refractivity contribution in [3.05, 3.63) is 34.3 Å². The van der Waals surface area contributed by atoms with Crippen LogP contribution in [0.1, 0.15) is 10.7 Å². The minimum Gasteiger partial charge on any atom is -0.240 e. The van der Waals surface area contributed by atoms with Crippen LogP contribution < -0.4 is 0 Å². The van der Waals surface area contributed by atoms with Crippen molar-refractivity contribution >= 4 is 11.3 Å². The third kappa shape index (κ3) is 1.63. The van der Waals surface area contributed by atoms with E-state index in [0.29, 0.717) is 5.69 Å². The van der Waals surface area contributed by atoms with Crippen LogP contribution in [0.5, 0.6) is 0 Å². The van der Waals surface area contributed by atoms with E-state index in [9.17, 15) is 0 Å². The molecular weight excluding hydrogens is 194 g/mol. The molecule has 0 radical (unpaired) electrons. The maximum atomic E-state index is 8.68. The van der Waals surface area contributed by atoms with Gasteiger partial charge in [0.15, 0.2) is 0 Å². The molecule has 0 atom stereocenters. The highest BCUT2D eigenvalue weighted by atomic mass is 32.1. The highest BCUT2D eigenvalue weighted by Gasteiger charge is 2.03. The van der Waals surface area contributed by atoms with Crippen LogP contribution in [0.4, 0.5) is 0 Å². The van der Waals surface area contributed by atoms with Crippen molar-refractivity contribution in [1.29, 1.82) is 5.26 Å². The number of aryl methyl sites for hydroxylation is 1. The van der Waals surface area contributed by atoms with Crippen LogP contribution in [0.15, 0.2) is 23.6 Å². The molecule has 0 aliphatic carbocycles. The molecule has 0 amide bonds. The molecule has 2 rings (SSSR count). The number of nitriles is 1. The third-order valence-corrected chi connectivity index (χ3v) is 2.52. The molecule has 4 heteroatoms. The Labute approximate surface area is 85.7 Å². The van der Waals surface area contributed by atoms with Crippen LogP contribution in [0.25, 0.3) is 11.4 Å². The SMILES string of the molecule is Cc1nc(-c2cccc(C#N)n2)cs1. The van der Waals surface area contributed by atoms with Gasteiger partial charge >= 0.3 is 0 Å². The van der Waals surface area contributed by atoms with E-state index < -0.39 is 0 Å². The van der Waals surface area contributed by atoms with Crippen molar-refractivity contribution in [2.45, 2.75) is 6.92 Å². The fourth-order valence-electron chi connectivity index (χ4n) is 1.12. The Kier molecular flexibility index (Phi) is 2.25. The summed E-state index contributed by atoms with van der Waals surface area (Å²) in [7, 11) is 0. The normalized spacial score (nSPS) is 9.71. The summed E-state index contributed by atoms with van der Waals surface area (Å²) in [5, 5.41) is 11.6. The molecule has 2 heterocycles. The Morgan fingerprint density at radius 1 is 1.29 bits per heavy atom. The van der Waals surface area contributed by atoms with Crippen molar-refractivity contribution < 1.29 is 0 Å². The van der Waals surface area contributed by atoms with Crippen LogP contribution in [0.3, 0.4) is 0 Å². The number of aromatic nitrogens is 2. The van der Waals surface area contributed by atoms with Gasteiger partial charge in [0, 0.05) is 5.38 Å². The summed E-state index contributed by atoms with van der Waals surface area (Å²) >= 11 is 1.58. The van der Waals surface area contributed by atoms with Gasteiger partial charge in [-0.05, 0) is 19.1 Å². The van der Waals surface area contributed by atoms with E-state index in [1.54, 1.807) is 17.4 Å². The molecule has 14 heavy (non-hydrogen) atoms. The topological polar surface area (TPSA) is 49.6 Å². The monoisotopic (exact) mass is 201 g/mol. The third-order valence-electron chi connectivity index (χ3n) is 1.75. The Hall–Kier alpha value is -1.73. The zero-order valence-electron chi connectivity index (χ0n) is 7.56. The van der Waals surface area contributed by atoms with Gasteiger partial charge in [0.05, 0.1) is 16.4 Å². The summed E-state index contributed by atoms with van der Waals surface area (Å²) in [4.78, 5) is 8.46. The van der Waals surface area contributed by atoms with Crippen LogP contribution in [0.2, 0.25) is 0 Å². The Morgan fingerprint density at radius 2 is 2.14 bits per heavy atom. The Bertz CT molecular complexity index is 496. The maximum Gasteiger partial charge on any atom is 0.141 e. The van der Waals surface area contributed by atoms with Crippen LogP contribution >= 0.6 is 11.3 Å². The van der Waals surface area contributed by atoms with Gasteiger partial charge in [0.1, 0.15) is 11.8 Å². The van der Waals surface area contributed by atoms with Crippen molar-refractivity contribution in [3.8, 4) is 17.5 Å². The van der Waals surface area contributed by atoms with Crippen molar-refractivity contribution in [3.63, 3.8) is 0 Å². The van der Waals surface area contributed by atoms with E-state index in [2.05, 4.69) is 9.97 Å². The number of rotatable bonds is 1. The van der Waals surface area contributed by atoms with Crippen molar-refractivity contribution in [1.82, 2.24) is 9.97 Å². The molecule has 0 aliphatic rings. The van der Waals surface area contributed by atoms with Gasteiger partial charge in [0.25, 0.3) is 0 Å². The van der Waals surface area contributed by atoms with Crippen molar-refractivity contribution in [2.24, 2.45) is 0 Å². The Balaban J connectivity index is 2.47. The molecule has 2 aromatic heterocycles. The smallest absolute Gasteiger partial charge is 0.141 e. The lowest BCUT2D eigenvalue weighted by Gasteiger charge is -1.94. The zero-order valence-corrected chi connectivity index (χ0v) is 8.38. The predicted molar refractivity (Wildman–Crippen MR) is 54.8 cm³/mol. The van der Waals surface area contributed by atoms with E-state index in [0.717, 1.165) is 16.4 Å². The van der Waals surface area contributed by atoms with Gasteiger partial charge < -0.3 is 0 Å². The molecule has 0 saturated carbocycles. The number of pyridine rings is 1. The average molecular weight is 201 g/mol. The van der Waals surface area contributed by atoms with Gasteiger partial charge in [-0.2, -0.15) is 5.26 Å². The fourth-order valence-corrected chi connectivity index (χ4v) is 1.73. The number of thiazole rings is 1. The molecule has 0 saturated heterocycles. The first kappa shape index (κ1) is 8.85. The molecule has 68 valence electrons. The van der Waals surface area contributed by atoms with E-state index in [4.69, 9.17) is 5.26 Å². The number of hydrogen-bond acceptors (Lipinski definition) is 4. The van der Waals surface area contributed by atoms with Crippen LogP contribution in [-0.4, -0.2) is 9.97 Å². The van der Waals surface area contributed by atoms with Gasteiger partial charge in [-0.25, -0.2) is 9.97 Å². The molecule has 0 aliphatic heterocycles. The lowest BCUT2D eigenvalue weighted by atomic mass is 10.2. The summed E-state index contributed by atoms with van der Waals surface area (Å²) in [5.74, 6) is 0. The van der Waals surface area contributed by atoms with Gasteiger partial charge in [-0.3, -0.25) is 0 Å². The average Bonchev–Trinajstić information content (AvgIpc) is 2.65. The second-order valence-electron chi connectivity index (χ2n) is 2.77. The van der Waals surface area contributed by atoms with Crippen LogP contribution in [-0.2, 0) is 0 Å². The Morgan fingerprint density at radius 3 is 2.79 bits per heavy atom. The van der Waals surface area contributed by atoms with E-state index in [-0.39, 0.29) is 0 Å². The second-order valence-corrected chi connectivity index (χ2v) is 3.83. The summed E-state index contributed by atoms with van der Waals surface area (Å²) in [6, 6.07) is 7.36. The highest BCUT2D eigenvalue weighted by Crippen LogP contribution is 2.19. The number of nitrogens with zero attached hydrogens (tertiary/aromatic N) is 3. The second kappa shape index (κ2) is 3.56. The van der Waals surface area contributed by atoms with Gasteiger partial charge in [-0.1, -0.05) is 6.07 Å². The summed E-state index contributed by atoms with van der Waals surface area (Å²) < 4.78 is 0. The zero-order chi connectivity index (χ0) is 9.97. The van der Waals surface area contributed by atoms with E-state index in [1.807, 2.05) is 30.5 Å². The minimum absolute atomic E-state index is 0.424. The predicted octanol–water partition coefficient (Wildman–Crippen LogP) is 2.39. The molecule has 0 unspecified atom stereocenters. The first-order valence-corrected chi connectivity index (χ1v) is 4.97. The molecule has 2 aromatic rings. The molecule has 0 fully saturated rings.